The molecule has 2 aromatic heterocycles. The number of nitrogens with zero attached hydrogens (tertiary/aromatic N) is 6. The number of hydrogen-bond donors (Lipinski definition) is 2. The van der Waals surface area contributed by atoms with E-state index in [4.69, 9.17) is 5.39 Å². The van der Waals surface area contributed by atoms with Crippen molar-refractivity contribution in [1.82, 2.24) is 19.7 Å². The molecule has 0 unspecified atom stereocenters. The predicted molar refractivity (Wildman–Crippen MR) is 86.5 cm³/mol. The van der Waals surface area contributed by atoms with Gasteiger partial charge in [-0.25, -0.2) is 14.6 Å². The smallest absolute Gasteiger partial charge is 0.309 e. The number of diazo groups is 1. The molecule has 0 saturated heterocycles. The van der Waals surface area contributed by atoms with Crippen molar-refractivity contribution in [1.29, 1.82) is 5.39 Å². The Labute approximate surface area is 137 Å². The summed E-state index contributed by atoms with van der Waals surface area (Å²) in [5.74, 6) is 0.0607. The van der Waals surface area contributed by atoms with Gasteiger partial charge in [-0.2, -0.15) is 5.10 Å². The van der Waals surface area contributed by atoms with E-state index in [0.29, 0.717) is 23.6 Å². The molecule has 118 valence electrons. The summed E-state index contributed by atoms with van der Waals surface area (Å²) in [4.78, 5) is 20.0. The van der Waals surface area contributed by atoms with Crippen molar-refractivity contribution in [2.45, 2.75) is 6.54 Å². The molecule has 3 aromatic rings. The average Bonchev–Trinajstić information content (AvgIpc) is 3.10. The number of nitrogens with one attached hydrogen (secondary N) is 2. The van der Waals surface area contributed by atoms with Gasteiger partial charge in [-0.1, -0.05) is 12.1 Å². The van der Waals surface area contributed by atoms with Crippen molar-refractivity contribution in [3.05, 3.63) is 71.5 Å². The Morgan fingerprint density at radius 3 is 2.67 bits per heavy atom. The van der Waals surface area contributed by atoms with Crippen LogP contribution in [0.5, 0.6) is 0 Å². The van der Waals surface area contributed by atoms with Crippen LogP contribution in [0.4, 0.5) is 11.5 Å². The van der Waals surface area contributed by atoms with Gasteiger partial charge in [0, 0.05) is 17.3 Å². The van der Waals surface area contributed by atoms with Gasteiger partial charge in [0.1, 0.15) is 12.7 Å². The van der Waals surface area contributed by atoms with Crippen LogP contribution in [-0.4, -0.2) is 25.7 Å². The Balaban J connectivity index is 1.62. The molecule has 9 nitrogen and oxygen atoms in total. The highest BCUT2D eigenvalue weighted by Gasteiger charge is 2.08. The lowest BCUT2D eigenvalue weighted by Gasteiger charge is -2.06. The van der Waals surface area contributed by atoms with E-state index in [1.807, 2.05) is 24.3 Å². The quantitative estimate of drug-likeness (QED) is 0.550. The van der Waals surface area contributed by atoms with E-state index in [0.717, 1.165) is 5.56 Å². The zero-order valence-electron chi connectivity index (χ0n) is 12.5. The summed E-state index contributed by atoms with van der Waals surface area (Å²) in [5.41, 5.74) is 4.39. The Morgan fingerprint density at radius 1 is 1.21 bits per heavy atom. The molecule has 3 rings (SSSR count). The fraction of sp³-hybridized carbons (Fsp3) is 0.0667. The summed E-state index contributed by atoms with van der Waals surface area (Å²) in [7, 11) is 0. The Bertz CT molecular complexity index is 850. The second kappa shape index (κ2) is 6.97. The maximum Gasteiger partial charge on any atom is 0.309 e. The lowest BCUT2D eigenvalue weighted by molar-refractivity contribution is 0.102. The van der Waals surface area contributed by atoms with Gasteiger partial charge in [-0.3, -0.25) is 4.79 Å². The molecule has 9 heteroatoms. The van der Waals surface area contributed by atoms with Crippen molar-refractivity contribution in [2.75, 3.05) is 10.7 Å². The van der Waals surface area contributed by atoms with Gasteiger partial charge in [-0.05, 0) is 29.8 Å². The maximum absolute atomic E-state index is 12.2. The first kappa shape index (κ1) is 15.1. The molecule has 0 aliphatic rings. The Hall–Kier alpha value is -3.80. The molecule has 0 radical (unpaired) electrons. The van der Waals surface area contributed by atoms with E-state index in [1.54, 1.807) is 17.1 Å². The van der Waals surface area contributed by atoms with E-state index in [2.05, 4.69) is 30.9 Å². The highest BCUT2D eigenvalue weighted by molar-refractivity contribution is 6.04. The molecule has 0 aliphatic heterocycles. The molecule has 0 aliphatic carbocycles. The minimum atomic E-state index is -0.279. The third-order valence-corrected chi connectivity index (χ3v) is 3.21. The maximum atomic E-state index is 12.2. The fourth-order valence-corrected chi connectivity index (χ4v) is 2.04. The molecule has 2 N–H and O–H groups in total. The highest BCUT2D eigenvalue weighted by Crippen LogP contribution is 2.13. The fourth-order valence-electron chi connectivity index (χ4n) is 2.04. The lowest BCUT2D eigenvalue weighted by Crippen LogP contribution is -2.12. The molecule has 0 saturated carbocycles. The topological polar surface area (TPSA) is 113 Å². The van der Waals surface area contributed by atoms with Crippen LogP contribution < -0.4 is 10.7 Å². The molecular weight excluding hydrogens is 308 g/mol. The molecular formula is C15H13N8O+. The van der Waals surface area contributed by atoms with E-state index < -0.39 is 0 Å². The number of carbonyl (C=O) groups is 1. The Kier molecular flexibility index (Phi) is 4.39. The molecule has 24 heavy (non-hydrogen) atoms. The monoisotopic (exact) mass is 321 g/mol. The molecule has 0 atom stereocenters. The first-order valence-electron chi connectivity index (χ1n) is 7.03. The number of benzene rings is 1. The van der Waals surface area contributed by atoms with E-state index in [1.165, 1.54) is 18.6 Å². The normalized spacial score (nSPS) is 9.96. The zero-order chi connectivity index (χ0) is 16.8. The summed E-state index contributed by atoms with van der Waals surface area (Å²) < 4.78 is 1.72. The SMILES string of the molecule is N#[N+]Nc1ccc(C(=O)Nc2ccc(Cn3cncn3)cc2)cn1. The van der Waals surface area contributed by atoms with Crippen LogP contribution in [0.1, 0.15) is 15.9 Å². The first-order valence-corrected chi connectivity index (χ1v) is 7.03. The number of aromatic nitrogens is 4. The van der Waals surface area contributed by atoms with Crippen molar-refractivity contribution >= 4 is 17.4 Å². The van der Waals surface area contributed by atoms with Crippen LogP contribution in [0.15, 0.2) is 55.2 Å². The lowest BCUT2D eigenvalue weighted by atomic mass is 10.2. The van der Waals surface area contributed by atoms with Crippen LogP contribution in [0, 0.1) is 5.39 Å². The Morgan fingerprint density at radius 2 is 2.04 bits per heavy atom. The number of carbonyl (C=O) groups excluding carboxylic acids is 1. The predicted octanol–water partition coefficient (Wildman–Crippen LogP) is 2.15. The van der Waals surface area contributed by atoms with Crippen molar-refractivity contribution in [3.8, 4) is 0 Å². The van der Waals surface area contributed by atoms with E-state index >= 15 is 0 Å². The molecule has 1 aromatic carbocycles. The van der Waals surface area contributed by atoms with Crippen LogP contribution in [0.25, 0.3) is 5.08 Å². The zero-order valence-corrected chi connectivity index (χ0v) is 12.5. The number of rotatable bonds is 5. The largest absolute Gasteiger partial charge is 0.322 e. The summed E-state index contributed by atoms with van der Waals surface area (Å²) in [6, 6.07) is 10.6. The second-order valence-corrected chi connectivity index (χ2v) is 4.89. The number of pyridine rings is 1. The standard InChI is InChI=1S/C15H12N8O/c16-22-21-14-6-3-12(7-18-14)15(24)20-13-4-1-11(2-5-13)8-23-10-17-9-19-23/h1-7,9-10H,8H2,(H-,18,20,21,24)/p+1. The third kappa shape index (κ3) is 3.69. The molecule has 0 fully saturated rings. The molecule has 0 spiro atoms. The average molecular weight is 321 g/mol. The second-order valence-electron chi connectivity index (χ2n) is 4.89. The van der Waals surface area contributed by atoms with Gasteiger partial charge in [0.15, 0.2) is 0 Å². The number of hydrogen-bond acceptors (Lipinski definition) is 6. The van der Waals surface area contributed by atoms with Gasteiger partial charge in [0.05, 0.1) is 12.1 Å². The molecule has 2 heterocycles. The van der Waals surface area contributed by atoms with Crippen LogP contribution in [0.2, 0.25) is 0 Å². The summed E-state index contributed by atoms with van der Waals surface area (Å²) in [5, 5.41) is 18.0. The summed E-state index contributed by atoms with van der Waals surface area (Å²) in [6.45, 7) is 0.614. The highest BCUT2D eigenvalue weighted by atomic mass is 16.1. The van der Waals surface area contributed by atoms with Gasteiger partial charge in [0.25, 0.3) is 11.3 Å². The van der Waals surface area contributed by atoms with Gasteiger partial charge in [0.2, 0.25) is 5.82 Å². The van der Waals surface area contributed by atoms with Crippen LogP contribution in [0.3, 0.4) is 0 Å². The third-order valence-electron chi connectivity index (χ3n) is 3.21. The van der Waals surface area contributed by atoms with Crippen molar-refractivity contribution in [3.63, 3.8) is 0 Å². The minimum Gasteiger partial charge on any atom is -0.322 e. The summed E-state index contributed by atoms with van der Waals surface area (Å²) >= 11 is 0. The first-order chi connectivity index (χ1) is 11.7. The van der Waals surface area contributed by atoms with Crippen LogP contribution >= 0.6 is 0 Å². The van der Waals surface area contributed by atoms with Gasteiger partial charge < -0.3 is 5.32 Å². The number of anilines is 2. The summed E-state index contributed by atoms with van der Waals surface area (Å²) in [6.07, 6.45) is 4.52. The molecule has 1 amide bonds. The van der Waals surface area contributed by atoms with Crippen LogP contribution in [-0.2, 0) is 6.54 Å². The van der Waals surface area contributed by atoms with E-state index in [9.17, 15) is 4.79 Å². The van der Waals surface area contributed by atoms with Crippen molar-refractivity contribution in [2.24, 2.45) is 0 Å². The van der Waals surface area contributed by atoms with Crippen molar-refractivity contribution < 1.29 is 4.79 Å². The van der Waals surface area contributed by atoms with Gasteiger partial charge >= 0.3 is 5.08 Å². The molecule has 0 bridgehead atoms. The van der Waals surface area contributed by atoms with E-state index in [-0.39, 0.29) is 5.91 Å². The minimum absolute atomic E-state index is 0.279. The number of amides is 1. The van der Waals surface area contributed by atoms with Gasteiger partial charge in [-0.15, -0.1) is 0 Å².